The van der Waals surface area contributed by atoms with E-state index in [0.717, 1.165) is 26.1 Å². The zero-order valence-electron chi connectivity index (χ0n) is 10.7. The molecule has 6 nitrogen and oxygen atoms in total. The van der Waals surface area contributed by atoms with Gasteiger partial charge in [0, 0.05) is 31.2 Å². The molecule has 2 rings (SSSR count). The van der Waals surface area contributed by atoms with E-state index in [2.05, 4.69) is 0 Å². The average Bonchev–Trinajstić information content (AvgIpc) is 2.42. The molecular weight excluding hydrogens is 248 g/mol. The summed E-state index contributed by atoms with van der Waals surface area (Å²) in [6, 6.07) is 2.84. The fourth-order valence-electron chi connectivity index (χ4n) is 1.98. The van der Waals surface area contributed by atoms with Gasteiger partial charge in [-0.2, -0.15) is 0 Å². The summed E-state index contributed by atoms with van der Waals surface area (Å²) in [7, 11) is 0. The van der Waals surface area contributed by atoms with E-state index in [9.17, 15) is 9.59 Å². The highest BCUT2D eigenvalue weighted by molar-refractivity contribution is 5.69. The minimum absolute atomic E-state index is 0.104. The van der Waals surface area contributed by atoms with Gasteiger partial charge in [0.15, 0.2) is 0 Å². The van der Waals surface area contributed by atoms with E-state index < -0.39 is 5.97 Å². The van der Waals surface area contributed by atoms with E-state index in [1.807, 2.05) is 0 Å². The molecule has 1 fully saturated rings. The van der Waals surface area contributed by atoms with Crippen LogP contribution < -0.4 is 11.3 Å². The SMILES string of the molecule is Nc1ccc(=O)n(CC(=O)OCC2CCOCC2)c1. The molecular formula is C13H18N2O4. The molecule has 0 aromatic carbocycles. The summed E-state index contributed by atoms with van der Waals surface area (Å²) in [6.07, 6.45) is 3.26. The van der Waals surface area contributed by atoms with Crippen LogP contribution in [0.1, 0.15) is 12.8 Å². The predicted molar refractivity (Wildman–Crippen MR) is 69.6 cm³/mol. The summed E-state index contributed by atoms with van der Waals surface area (Å²) < 4.78 is 11.7. The van der Waals surface area contributed by atoms with Crippen LogP contribution in [0.4, 0.5) is 5.69 Å². The molecule has 0 saturated carbocycles. The highest BCUT2D eigenvalue weighted by Crippen LogP contribution is 2.14. The quantitative estimate of drug-likeness (QED) is 0.797. The summed E-state index contributed by atoms with van der Waals surface area (Å²) in [6.45, 7) is 1.72. The minimum Gasteiger partial charge on any atom is -0.464 e. The van der Waals surface area contributed by atoms with Gasteiger partial charge in [-0.1, -0.05) is 0 Å². The molecule has 0 radical (unpaired) electrons. The Morgan fingerprint density at radius 2 is 2.16 bits per heavy atom. The van der Waals surface area contributed by atoms with E-state index in [1.54, 1.807) is 0 Å². The highest BCUT2D eigenvalue weighted by atomic mass is 16.5. The van der Waals surface area contributed by atoms with Gasteiger partial charge in [0.05, 0.1) is 6.61 Å². The number of esters is 1. The third kappa shape index (κ3) is 4.10. The van der Waals surface area contributed by atoms with Crippen LogP contribution >= 0.6 is 0 Å². The average molecular weight is 266 g/mol. The third-order valence-corrected chi connectivity index (χ3v) is 3.13. The van der Waals surface area contributed by atoms with E-state index in [1.165, 1.54) is 22.9 Å². The van der Waals surface area contributed by atoms with Gasteiger partial charge in [0.1, 0.15) is 6.54 Å². The second-order valence-electron chi connectivity index (χ2n) is 4.67. The Labute approximate surface area is 111 Å². The van der Waals surface area contributed by atoms with Crippen molar-refractivity contribution >= 4 is 11.7 Å². The van der Waals surface area contributed by atoms with Crippen LogP contribution in [-0.4, -0.2) is 30.4 Å². The van der Waals surface area contributed by atoms with Gasteiger partial charge in [0.2, 0.25) is 0 Å². The Morgan fingerprint density at radius 3 is 2.89 bits per heavy atom. The Kier molecular flexibility index (Phi) is 4.57. The third-order valence-electron chi connectivity index (χ3n) is 3.13. The molecule has 6 heteroatoms. The van der Waals surface area contributed by atoms with Crippen molar-refractivity contribution in [3.8, 4) is 0 Å². The number of pyridine rings is 1. The summed E-state index contributed by atoms with van der Waals surface area (Å²) in [5.74, 6) is -0.0607. The van der Waals surface area contributed by atoms with Crippen LogP contribution in [0.3, 0.4) is 0 Å². The number of aromatic nitrogens is 1. The van der Waals surface area contributed by atoms with E-state index in [-0.39, 0.29) is 12.1 Å². The standard InChI is InChI=1S/C13H18N2O4/c14-11-1-2-12(16)15(7-11)8-13(17)19-9-10-3-5-18-6-4-10/h1-2,7,10H,3-6,8-9,14H2. The van der Waals surface area contributed by atoms with Gasteiger partial charge >= 0.3 is 5.97 Å². The van der Waals surface area contributed by atoms with Crippen molar-refractivity contribution in [3.05, 3.63) is 28.7 Å². The Hall–Kier alpha value is -1.82. The molecule has 1 aromatic heterocycles. The van der Waals surface area contributed by atoms with Gasteiger partial charge in [0.25, 0.3) is 5.56 Å². The van der Waals surface area contributed by atoms with Gasteiger partial charge in [-0.25, -0.2) is 0 Å². The number of carbonyl (C=O) groups excluding carboxylic acids is 1. The lowest BCUT2D eigenvalue weighted by molar-refractivity contribution is -0.146. The van der Waals surface area contributed by atoms with Crippen molar-refractivity contribution in [2.45, 2.75) is 19.4 Å². The Morgan fingerprint density at radius 1 is 1.42 bits per heavy atom. The molecule has 1 aliphatic rings. The molecule has 0 unspecified atom stereocenters. The normalized spacial score (nSPS) is 16.2. The maximum absolute atomic E-state index is 11.7. The van der Waals surface area contributed by atoms with Crippen LogP contribution in [0.15, 0.2) is 23.1 Å². The number of ether oxygens (including phenoxy) is 2. The van der Waals surface area contributed by atoms with Gasteiger partial charge in [-0.3, -0.25) is 9.59 Å². The summed E-state index contributed by atoms with van der Waals surface area (Å²) in [5.41, 5.74) is 5.74. The molecule has 1 aromatic rings. The smallest absolute Gasteiger partial charge is 0.326 e. The number of hydrogen-bond donors (Lipinski definition) is 1. The van der Waals surface area contributed by atoms with Crippen LogP contribution in [0.25, 0.3) is 0 Å². The maximum atomic E-state index is 11.7. The van der Waals surface area contributed by atoms with Crippen molar-refractivity contribution in [2.24, 2.45) is 5.92 Å². The second kappa shape index (κ2) is 6.38. The van der Waals surface area contributed by atoms with Gasteiger partial charge in [-0.05, 0) is 24.8 Å². The lowest BCUT2D eigenvalue weighted by Gasteiger charge is -2.21. The van der Waals surface area contributed by atoms with Crippen molar-refractivity contribution in [1.29, 1.82) is 0 Å². The zero-order chi connectivity index (χ0) is 13.7. The van der Waals surface area contributed by atoms with E-state index in [4.69, 9.17) is 15.2 Å². The van der Waals surface area contributed by atoms with Crippen molar-refractivity contribution in [3.63, 3.8) is 0 Å². The highest BCUT2D eigenvalue weighted by Gasteiger charge is 2.16. The lowest BCUT2D eigenvalue weighted by atomic mass is 10.0. The number of rotatable bonds is 4. The number of nitrogen functional groups attached to an aromatic ring is 1. The minimum atomic E-state index is -0.417. The van der Waals surface area contributed by atoms with Crippen molar-refractivity contribution < 1.29 is 14.3 Å². The Balaban J connectivity index is 1.83. The van der Waals surface area contributed by atoms with Gasteiger partial charge < -0.3 is 19.8 Å². The first-order valence-corrected chi connectivity index (χ1v) is 6.34. The molecule has 0 spiro atoms. The summed E-state index contributed by atoms with van der Waals surface area (Å²) >= 11 is 0. The molecule has 0 bridgehead atoms. The molecule has 2 heterocycles. The summed E-state index contributed by atoms with van der Waals surface area (Å²) in [4.78, 5) is 23.2. The van der Waals surface area contributed by atoms with Crippen LogP contribution in [0.5, 0.6) is 0 Å². The van der Waals surface area contributed by atoms with Crippen molar-refractivity contribution in [2.75, 3.05) is 25.6 Å². The van der Waals surface area contributed by atoms with Crippen molar-refractivity contribution in [1.82, 2.24) is 4.57 Å². The molecule has 1 aliphatic heterocycles. The topological polar surface area (TPSA) is 83.6 Å². The van der Waals surface area contributed by atoms with E-state index >= 15 is 0 Å². The number of hydrogen-bond acceptors (Lipinski definition) is 5. The Bertz CT molecular complexity index is 492. The molecule has 2 N–H and O–H groups in total. The lowest BCUT2D eigenvalue weighted by Crippen LogP contribution is -2.27. The molecule has 19 heavy (non-hydrogen) atoms. The number of anilines is 1. The van der Waals surface area contributed by atoms with Crippen LogP contribution in [-0.2, 0) is 20.8 Å². The number of nitrogens with two attached hydrogens (primary N) is 1. The molecule has 1 saturated heterocycles. The molecule has 0 amide bonds. The second-order valence-corrected chi connectivity index (χ2v) is 4.67. The predicted octanol–water partition coefficient (Wildman–Crippen LogP) is 0.400. The van der Waals surface area contributed by atoms with Crippen LogP contribution in [0, 0.1) is 5.92 Å². The zero-order valence-corrected chi connectivity index (χ0v) is 10.7. The first kappa shape index (κ1) is 13.6. The molecule has 0 aliphatic carbocycles. The largest absolute Gasteiger partial charge is 0.464 e. The fourth-order valence-corrected chi connectivity index (χ4v) is 1.98. The fraction of sp³-hybridized carbons (Fsp3) is 0.538. The summed E-state index contributed by atoms with van der Waals surface area (Å²) in [5, 5.41) is 0. The number of nitrogens with zero attached hydrogens (tertiary/aromatic N) is 1. The number of carbonyl (C=O) groups is 1. The first-order valence-electron chi connectivity index (χ1n) is 6.34. The van der Waals surface area contributed by atoms with E-state index in [0.29, 0.717) is 18.2 Å². The molecule has 104 valence electrons. The van der Waals surface area contributed by atoms with Crippen LogP contribution in [0.2, 0.25) is 0 Å². The molecule has 0 atom stereocenters. The van der Waals surface area contributed by atoms with Gasteiger partial charge in [-0.15, -0.1) is 0 Å². The monoisotopic (exact) mass is 266 g/mol. The maximum Gasteiger partial charge on any atom is 0.326 e. The first-order chi connectivity index (χ1) is 9.15.